The summed E-state index contributed by atoms with van der Waals surface area (Å²) in [5, 5.41) is 4.34. The van der Waals surface area contributed by atoms with E-state index in [2.05, 4.69) is 81.6 Å². The number of para-hydroxylation sites is 1. The normalized spacial score (nSPS) is 14.2. The van der Waals surface area contributed by atoms with Crippen LogP contribution in [-0.4, -0.2) is 61.9 Å². The van der Waals surface area contributed by atoms with Gasteiger partial charge in [-0.1, -0.05) is 72.8 Å². The fourth-order valence-corrected chi connectivity index (χ4v) is 6.02. The minimum absolute atomic E-state index is 0.0378. The van der Waals surface area contributed by atoms with Gasteiger partial charge in [0.2, 0.25) is 5.91 Å². The first-order chi connectivity index (χ1) is 22.2. The monoisotopic (exact) mass is 603 g/mol. The Morgan fingerprint density at radius 1 is 0.867 bits per heavy atom. The lowest BCUT2D eigenvalue weighted by Gasteiger charge is -2.26. The number of carbonyl (C=O) groups excluding carboxylic acids is 1. The maximum absolute atomic E-state index is 13.5. The molecule has 5 aromatic rings. The number of hydrogen-bond acceptors (Lipinski definition) is 5. The predicted octanol–water partition coefficient (Wildman–Crippen LogP) is 6.25. The molecule has 7 nitrogen and oxygen atoms in total. The zero-order valence-corrected chi connectivity index (χ0v) is 25.9. The number of aromatic nitrogens is 1. The number of hydrogen-bond donors (Lipinski definition) is 1. The summed E-state index contributed by atoms with van der Waals surface area (Å²) in [5.41, 5.74) is 5.61. The van der Waals surface area contributed by atoms with E-state index in [1.165, 1.54) is 5.56 Å². The Kier molecular flexibility index (Phi) is 10.1. The molecule has 45 heavy (non-hydrogen) atoms. The van der Waals surface area contributed by atoms with E-state index in [0.717, 1.165) is 71.9 Å². The van der Waals surface area contributed by atoms with Crippen LogP contribution in [0.3, 0.4) is 0 Å². The van der Waals surface area contributed by atoms with Crippen molar-refractivity contribution in [2.24, 2.45) is 0 Å². The number of morpholine rings is 1. The van der Waals surface area contributed by atoms with Gasteiger partial charge in [0.05, 0.1) is 20.3 Å². The van der Waals surface area contributed by atoms with E-state index >= 15 is 0 Å². The molecule has 1 atom stereocenters. The standard InChI is InChI=1S/C38H41N3O4/c1-43-32-16-14-29(15-17-32)26-41-27-36(34-12-5-6-13-37(34)41)35(25-38(42)39-18-19-40-20-22-44-23-21-40)31-10-7-11-33(24-31)45-28-30-8-3-2-4-9-30/h2-17,24,27,35H,18-23,25-26,28H2,1H3,(H,39,42)/t35-/m1/s1. The number of amides is 1. The van der Waals surface area contributed by atoms with Crippen LogP contribution in [0, 0.1) is 0 Å². The average molecular weight is 604 g/mol. The molecule has 1 N–H and O–H groups in total. The number of nitrogens with one attached hydrogen (secondary N) is 1. The third-order valence-electron chi connectivity index (χ3n) is 8.46. The van der Waals surface area contributed by atoms with E-state index in [1.807, 2.05) is 42.5 Å². The summed E-state index contributed by atoms with van der Waals surface area (Å²) >= 11 is 0. The van der Waals surface area contributed by atoms with E-state index in [4.69, 9.17) is 14.2 Å². The first-order valence-electron chi connectivity index (χ1n) is 15.7. The molecule has 0 bridgehead atoms. The van der Waals surface area contributed by atoms with E-state index in [-0.39, 0.29) is 11.8 Å². The highest BCUT2D eigenvalue weighted by molar-refractivity contribution is 5.87. The second-order valence-corrected chi connectivity index (χ2v) is 11.5. The molecule has 7 heteroatoms. The maximum Gasteiger partial charge on any atom is 0.220 e. The van der Waals surface area contributed by atoms with Crippen LogP contribution in [0.15, 0.2) is 109 Å². The van der Waals surface area contributed by atoms with Gasteiger partial charge in [-0.2, -0.15) is 0 Å². The van der Waals surface area contributed by atoms with Crippen LogP contribution in [0.4, 0.5) is 0 Å². The summed E-state index contributed by atoms with van der Waals surface area (Å²) in [6, 6.07) is 35.0. The number of fused-ring (bicyclic) bond motifs is 1. The van der Waals surface area contributed by atoms with Gasteiger partial charge < -0.3 is 24.1 Å². The average Bonchev–Trinajstić information content (AvgIpc) is 3.45. The van der Waals surface area contributed by atoms with Crippen molar-refractivity contribution in [3.63, 3.8) is 0 Å². The molecule has 1 aromatic heterocycles. The number of carbonyl (C=O) groups is 1. The predicted molar refractivity (Wildman–Crippen MR) is 178 cm³/mol. The Bertz CT molecular complexity index is 1680. The van der Waals surface area contributed by atoms with E-state index < -0.39 is 0 Å². The van der Waals surface area contributed by atoms with Crippen molar-refractivity contribution in [2.75, 3.05) is 46.5 Å². The lowest BCUT2D eigenvalue weighted by Crippen LogP contribution is -2.41. The van der Waals surface area contributed by atoms with Gasteiger partial charge in [-0.05, 0) is 52.6 Å². The number of benzene rings is 4. The highest BCUT2D eigenvalue weighted by Crippen LogP contribution is 2.36. The molecule has 0 spiro atoms. The third kappa shape index (κ3) is 7.93. The van der Waals surface area contributed by atoms with Crippen molar-refractivity contribution in [2.45, 2.75) is 25.5 Å². The first-order valence-corrected chi connectivity index (χ1v) is 15.7. The highest BCUT2D eigenvalue weighted by atomic mass is 16.5. The third-order valence-corrected chi connectivity index (χ3v) is 8.46. The van der Waals surface area contributed by atoms with Crippen molar-refractivity contribution in [1.29, 1.82) is 0 Å². The van der Waals surface area contributed by atoms with Crippen LogP contribution in [0.5, 0.6) is 11.5 Å². The minimum atomic E-state index is -0.157. The van der Waals surface area contributed by atoms with Gasteiger partial charge in [-0.15, -0.1) is 0 Å². The van der Waals surface area contributed by atoms with Crippen LogP contribution in [0.1, 0.15) is 34.6 Å². The van der Waals surface area contributed by atoms with Crippen LogP contribution >= 0.6 is 0 Å². The first kappa shape index (κ1) is 30.4. The van der Waals surface area contributed by atoms with Gasteiger partial charge in [0.1, 0.15) is 18.1 Å². The smallest absolute Gasteiger partial charge is 0.220 e. The van der Waals surface area contributed by atoms with Crippen molar-refractivity contribution in [3.05, 3.63) is 132 Å². The molecule has 0 radical (unpaired) electrons. The molecule has 1 aliphatic rings. The van der Waals surface area contributed by atoms with Crippen LogP contribution in [0.2, 0.25) is 0 Å². The summed E-state index contributed by atoms with van der Waals surface area (Å²) in [4.78, 5) is 15.9. The molecular weight excluding hydrogens is 562 g/mol. The Morgan fingerprint density at radius 2 is 1.64 bits per heavy atom. The second-order valence-electron chi connectivity index (χ2n) is 11.5. The Balaban J connectivity index is 1.28. The van der Waals surface area contributed by atoms with Crippen molar-refractivity contribution in [1.82, 2.24) is 14.8 Å². The lowest BCUT2D eigenvalue weighted by molar-refractivity contribution is -0.121. The van der Waals surface area contributed by atoms with Gasteiger partial charge in [-0.25, -0.2) is 0 Å². The summed E-state index contributed by atoms with van der Waals surface area (Å²) < 4.78 is 19.3. The molecule has 1 amide bonds. The molecule has 2 heterocycles. The molecule has 1 saturated heterocycles. The Labute approximate surface area is 265 Å². The Morgan fingerprint density at radius 3 is 2.44 bits per heavy atom. The van der Waals surface area contributed by atoms with Gasteiger partial charge in [0, 0.05) is 62.2 Å². The Hall–Kier alpha value is -4.59. The molecule has 1 fully saturated rings. The van der Waals surface area contributed by atoms with Gasteiger partial charge >= 0.3 is 0 Å². The van der Waals surface area contributed by atoms with Gasteiger partial charge in [0.15, 0.2) is 0 Å². The maximum atomic E-state index is 13.5. The molecule has 0 aliphatic carbocycles. The molecule has 232 valence electrons. The van der Waals surface area contributed by atoms with E-state index in [1.54, 1.807) is 7.11 Å². The van der Waals surface area contributed by atoms with Crippen LogP contribution < -0.4 is 14.8 Å². The second kappa shape index (κ2) is 14.9. The molecule has 6 rings (SSSR count). The number of rotatable bonds is 13. The fourth-order valence-electron chi connectivity index (χ4n) is 6.02. The largest absolute Gasteiger partial charge is 0.497 e. The zero-order valence-electron chi connectivity index (χ0n) is 25.9. The van der Waals surface area contributed by atoms with Gasteiger partial charge in [0.25, 0.3) is 0 Å². The number of nitrogens with zero attached hydrogens (tertiary/aromatic N) is 2. The SMILES string of the molecule is COc1ccc(Cn2cc([C@H](CC(=O)NCCN3CCOCC3)c3cccc(OCc4ccccc4)c3)c3ccccc32)cc1. The summed E-state index contributed by atoms with van der Waals surface area (Å²) in [5.74, 6) is 1.51. The summed E-state index contributed by atoms with van der Waals surface area (Å²) in [6.45, 7) is 5.94. The topological polar surface area (TPSA) is 65.0 Å². The van der Waals surface area contributed by atoms with Crippen molar-refractivity contribution < 1.29 is 19.0 Å². The lowest BCUT2D eigenvalue weighted by atomic mass is 9.88. The van der Waals surface area contributed by atoms with Crippen molar-refractivity contribution in [3.8, 4) is 11.5 Å². The minimum Gasteiger partial charge on any atom is -0.497 e. The summed E-state index contributed by atoms with van der Waals surface area (Å²) in [6.07, 6.45) is 2.56. The van der Waals surface area contributed by atoms with E-state index in [0.29, 0.717) is 26.1 Å². The molecule has 0 unspecified atom stereocenters. The number of methoxy groups -OCH3 is 1. The number of ether oxygens (including phenoxy) is 3. The van der Waals surface area contributed by atoms with Crippen LogP contribution in [-0.2, 0) is 22.7 Å². The molecule has 4 aromatic carbocycles. The molecule has 0 saturated carbocycles. The fraction of sp³-hybridized carbons (Fsp3) is 0.289. The molecule has 1 aliphatic heterocycles. The van der Waals surface area contributed by atoms with Crippen molar-refractivity contribution >= 4 is 16.8 Å². The quantitative estimate of drug-likeness (QED) is 0.172. The van der Waals surface area contributed by atoms with Crippen LogP contribution in [0.25, 0.3) is 10.9 Å². The summed E-state index contributed by atoms with van der Waals surface area (Å²) in [7, 11) is 1.68. The van der Waals surface area contributed by atoms with Gasteiger partial charge in [-0.3, -0.25) is 9.69 Å². The van der Waals surface area contributed by atoms with E-state index in [9.17, 15) is 4.79 Å². The molecular formula is C38H41N3O4. The zero-order chi connectivity index (χ0) is 30.8. The highest BCUT2D eigenvalue weighted by Gasteiger charge is 2.24.